The Bertz CT molecular complexity index is 2170. The van der Waals surface area contributed by atoms with Crippen LogP contribution in [0.4, 0.5) is 8.78 Å². The average molecular weight is 659 g/mol. The van der Waals surface area contributed by atoms with Gasteiger partial charge in [-0.2, -0.15) is 9.49 Å². The lowest BCUT2D eigenvalue weighted by Gasteiger charge is -2.34. The molecule has 1 amide bonds. The van der Waals surface area contributed by atoms with E-state index in [1.165, 1.54) is 24.4 Å². The minimum Gasteiger partial charge on any atom is -0.342 e. The molecule has 0 radical (unpaired) electrons. The van der Waals surface area contributed by atoms with Crippen LogP contribution in [-0.4, -0.2) is 63.8 Å². The first-order valence-electron chi connectivity index (χ1n) is 16.4. The van der Waals surface area contributed by atoms with Crippen molar-refractivity contribution in [2.45, 2.75) is 50.5 Å². The lowest BCUT2D eigenvalue weighted by atomic mass is 10.0. The van der Waals surface area contributed by atoms with E-state index in [1.54, 1.807) is 35.2 Å². The maximum Gasteiger partial charge on any atom is 0.226 e. The number of hydrogen-bond acceptors (Lipinski definition) is 7. The zero-order valence-corrected chi connectivity index (χ0v) is 26.5. The van der Waals surface area contributed by atoms with Gasteiger partial charge in [0.2, 0.25) is 11.9 Å². The van der Waals surface area contributed by atoms with Crippen LogP contribution in [-0.2, 0) is 17.6 Å². The molecule has 1 saturated carbocycles. The van der Waals surface area contributed by atoms with Gasteiger partial charge in [-0.3, -0.25) is 14.6 Å². The standard InChI is InChI=1S/C37H32F2N8O2/c38-27-5-3-24(4-6-27)35-36(30-7-8-33-42-28(22-46(33)44-30)21-31(48)26-11-16-41-32(39)20-26)47(37(43-35)25-1-2-25)29-12-17-45(18-13-29)34(49)19-23-9-14-40-15-10-23/h3-11,14-16,20,22,25,29H,1-2,12-13,17-19,21H2. The molecule has 10 nitrogen and oxygen atoms in total. The van der Waals surface area contributed by atoms with Crippen molar-refractivity contribution < 1.29 is 18.4 Å². The topological polar surface area (TPSA) is 111 Å². The molecular formula is C37H32F2N8O2. The fraction of sp³-hybridized carbons (Fsp3) is 0.270. The summed E-state index contributed by atoms with van der Waals surface area (Å²) in [5.74, 6) is 0.0759. The number of rotatable bonds is 9. The van der Waals surface area contributed by atoms with Gasteiger partial charge < -0.3 is 9.47 Å². The summed E-state index contributed by atoms with van der Waals surface area (Å²) in [4.78, 5) is 45.4. The van der Waals surface area contributed by atoms with Gasteiger partial charge in [-0.25, -0.2) is 23.9 Å². The Balaban J connectivity index is 1.14. The van der Waals surface area contributed by atoms with E-state index >= 15 is 0 Å². The highest BCUT2D eigenvalue weighted by atomic mass is 19.1. The van der Waals surface area contributed by atoms with Crippen molar-refractivity contribution in [1.29, 1.82) is 0 Å². The van der Waals surface area contributed by atoms with Gasteiger partial charge in [0, 0.05) is 60.8 Å². The number of ketones is 1. The Morgan fingerprint density at radius 1 is 0.837 bits per heavy atom. The molecule has 1 saturated heterocycles. The van der Waals surface area contributed by atoms with Gasteiger partial charge in [0.05, 0.1) is 36.1 Å². The highest BCUT2D eigenvalue weighted by Gasteiger charge is 2.36. The number of carbonyl (C=O) groups excluding carboxylic acids is 2. The lowest BCUT2D eigenvalue weighted by Crippen LogP contribution is -2.40. The number of carbonyl (C=O) groups is 2. The Morgan fingerprint density at radius 2 is 1.61 bits per heavy atom. The second-order valence-electron chi connectivity index (χ2n) is 12.7. The number of fused-ring (bicyclic) bond motifs is 1. The molecule has 8 rings (SSSR count). The SMILES string of the molecule is O=C(Cc1cn2nc(-c3c(-c4ccc(F)cc4)nc(C4CC4)n3C3CCN(C(=O)Cc4ccncc4)CC3)ccc2n1)c1ccnc(F)c1. The van der Waals surface area contributed by atoms with E-state index in [-0.39, 0.29) is 35.5 Å². The number of hydrogen-bond donors (Lipinski definition) is 0. The second-order valence-corrected chi connectivity index (χ2v) is 12.7. The van der Waals surface area contributed by atoms with E-state index in [9.17, 15) is 18.4 Å². The molecule has 12 heteroatoms. The van der Waals surface area contributed by atoms with Crippen molar-refractivity contribution in [2.75, 3.05) is 13.1 Å². The Morgan fingerprint density at radius 3 is 2.35 bits per heavy atom. The quantitative estimate of drug-likeness (QED) is 0.138. The number of amides is 1. The van der Waals surface area contributed by atoms with Crippen LogP contribution < -0.4 is 0 Å². The molecule has 2 aliphatic rings. The fourth-order valence-electron chi connectivity index (χ4n) is 6.65. The monoisotopic (exact) mass is 658 g/mol. The maximum absolute atomic E-state index is 14.0. The largest absolute Gasteiger partial charge is 0.342 e. The number of aromatic nitrogens is 7. The minimum absolute atomic E-state index is 0.0226. The normalized spacial score (nSPS) is 15.2. The van der Waals surface area contributed by atoms with Crippen molar-refractivity contribution in [3.8, 4) is 22.6 Å². The highest BCUT2D eigenvalue weighted by molar-refractivity contribution is 5.97. The van der Waals surface area contributed by atoms with Gasteiger partial charge in [0.1, 0.15) is 17.3 Å². The summed E-state index contributed by atoms with van der Waals surface area (Å²) in [5, 5.41) is 4.97. The van der Waals surface area contributed by atoms with Crippen LogP contribution in [0.5, 0.6) is 0 Å². The Kier molecular flexibility index (Phi) is 7.98. The Labute approximate surface area is 280 Å². The first-order valence-corrected chi connectivity index (χ1v) is 16.4. The van der Waals surface area contributed by atoms with Crippen LogP contribution in [0.1, 0.15) is 65.1 Å². The molecule has 0 N–H and O–H groups in total. The van der Waals surface area contributed by atoms with Crippen molar-refractivity contribution in [3.63, 3.8) is 0 Å². The van der Waals surface area contributed by atoms with Crippen LogP contribution in [0.3, 0.4) is 0 Å². The second kappa shape index (κ2) is 12.8. The summed E-state index contributed by atoms with van der Waals surface area (Å²) in [6, 6.07) is 16.5. The smallest absolute Gasteiger partial charge is 0.226 e. The summed E-state index contributed by atoms with van der Waals surface area (Å²) in [5.41, 5.74) is 5.23. The molecule has 0 bridgehead atoms. The van der Waals surface area contributed by atoms with E-state index in [0.29, 0.717) is 42.5 Å². The lowest BCUT2D eigenvalue weighted by molar-refractivity contribution is -0.131. The van der Waals surface area contributed by atoms with Gasteiger partial charge in [0.25, 0.3) is 0 Å². The molecule has 0 spiro atoms. The van der Waals surface area contributed by atoms with E-state index in [0.717, 1.165) is 60.1 Å². The molecule has 6 aromatic rings. The number of imidazole rings is 2. The molecule has 1 aliphatic heterocycles. The molecule has 0 atom stereocenters. The van der Waals surface area contributed by atoms with E-state index in [1.807, 2.05) is 29.2 Å². The maximum atomic E-state index is 14.0. The van der Waals surface area contributed by atoms with Gasteiger partial charge in [-0.15, -0.1) is 0 Å². The molecule has 246 valence electrons. The predicted octanol–water partition coefficient (Wildman–Crippen LogP) is 6.04. The molecule has 1 aromatic carbocycles. The zero-order valence-electron chi connectivity index (χ0n) is 26.5. The number of halogens is 2. The van der Waals surface area contributed by atoms with Gasteiger partial charge in [0.15, 0.2) is 11.4 Å². The molecule has 1 aliphatic carbocycles. The van der Waals surface area contributed by atoms with Gasteiger partial charge in [-0.1, -0.05) is 0 Å². The first kappa shape index (κ1) is 30.7. The van der Waals surface area contributed by atoms with Crippen molar-refractivity contribution in [2.24, 2.45) is 0 Å². The number of nitrogens with zero attached hydrogens (tertiary/aromatic N) is 8. The molecule has 2 fully saturated rings. The van der Waals surface area contributed by atoms with Crippen LogP contribution in [0.2, 0.25) is 0 Å². The van der Waals surface area contributed by atoms with Crippen LogP contribution in [0.25, 0.3) is 28.3 Å². The predicted molar refractivity (Wildman–Crippen MR) is 177 cm³/mol. The molecule has 49 heavy (non-hydrogen) atoms. The summed E-state index contributed by atoms with van der Waals surface area (Å²) < 4.78 is 31.6. The summed E-state index contributed by atoms with van der Waals surface area (Å²) in [6.45, 7) is 1.24. The molecule has 0 unspecified atom stereocenters. The van der Waals surface area contributed by atoms with Gasteiger partial charge >= 0.3 is 0 Å². The number of benzene rings is 1. The first-order chi connectivity index (χ1) is 23.9. The third kappa shape index (κ3) is 6.33. The summed E-state index contributed by atoms with van der Waals surface area (Å²) in [6.07, 6.45) is 10.3. The number of Topliss-reactive ketones (excluding diaryl/α,β-unsaturated/α-hetero) is 1. The number of pyridine rings is 2. The van der Waals surface area contributed by atoms with E-state index in [2.05, 4.69) is 19.5 Å². The number of piperidine rings is 1. The Hall–Kier alpha value is -5.65. The molecule has 5 aromatic heterocycles. The van der Waals surface area contributed by atoms with Crippen molar-refractivity contribution in [3.05, 3.63) is 120 Å². The summed E-state index contributed by atoms with van der Waals surface area (Å²) in [7, 11) is 0. The minimum atomic E-state index is -0.714. The summed E-state index contributed by atoms with van der Waals surface area (Å²) >= 11 is 0. The third-order valence-electron chi connectivity index (χ3n) is 9.29. The van der Waals surface area contributed by atoms with Crippen LogP contribution in [0, 0.1) is 11.8 Å². The van der Waals surface area contributed by atoms with E-state index < -0.39 is 5.95 Å². The zero-order chi connectivity index (χ0) is 33.5. The third-order valence-corrected chi connectivity index (χ3v) is 9.29. The van der Waals surface area contributed by atoms with Gasteiger partial charge in [-0.05, 0) is 85.8 Å². The van der Waals surface area contributed by atoms with Crippen LogP contribution >= 0.6 is 0 Å². The van der Waals surface area contributed by atoms with Crippen molar-refractivity contribution >= 4 is 17.3 Å². The molecular weight excluding hydrogens is 626 g/mol. The fourth-order valence-corrected chi connectivity index (χ4v) is 6.65. The van der Waals surface area contributed by atoms with Crippen LogP contribution in [0.15, 0.2) is 85.5 Å². The highest BCUT2D eigenvalue weighted by Crippen LogP contribution is 2.46. The van der Waals surface area contributed by atoms with E-state index in [4.69, 9.17) is 10.1 Å². The number of likely N-dealkylation sites (tertiary alicyclic amines) is 1. The molecule has 6 heterocycles. The average Bonchev–Trinajstić information content (AvgIpc) is 3.77. The van der Waals surface area contributed by atoms with Crippen molar-refractivity contribution in [1.82, 2.24) is 39.0 Å².